The summed E-state index contributed by atoms with van der Waals surface area (Å²) in [6.45, 7) is 1.44. The summed E-state index contributed by atoms with van der Waals surface area (Å²) in [5, 5.41) is 2.53. The van der Waals surface area contributed by atoms with Gasteiger partial charge in [0.1, 0.15) is 12.4 Å². The smallest absolute Gasteiger partial charge is 0.451 e. The fourth-order valence-electron chi connectivity index (χ4n) is 1.37. The van der Waals surface area contributed by atoms with Crippen molar-refractivity contribution < 1.29 is 27.4 Å². The second-order valence-corrected chi connectivity index (χ2v) is 3.97. The highest BCUT2D eigenvalue weighted by Crippen LogP contribution is 2.28. The van der Waals surface area contributed by atoms with Crippen molar-refractivity contribution in [2.24, 2.45) is 0 Å². The van der Waals surface area contributed by atoms with E-state index < -0.39 is 12.0 Å². The summed E-state index contributed by atoms with van der Waals surface area (Å²) in [4.78, 5) is 6.65. The van der Waals surface area contributed by atoms with Crippen molar-refractivity contribution in [3.8, 4) is 5.88 Å². The lowest BCUT2D eigenvalue weighted by Crippen LogP contribution is -2.15. The quantitative estimate of drug-likeness (QED) is 0.704. The van der Waals surface area contributed by atoms with Gasteiger partial charge in [0.05, 0.1) is 6.61 Å². The van der Waals surface area contributed by atoms with Crippen molar-refractivity contribution in [3.05, 3.63) is 11.9 Å². The molecule has 9 heteroatoms. The highest BCUT2D eigenvalue weighted by Gasteiger charge is 2.35. The second kappa shape index (κ2) is 8.63. The molecule has 120 valence electrons. The topological polar surface area (TPSA) is 65.5 Å². The Morgan fingerprint density at radius 3 is 2.52 bits per heavy atom. The molecule has 0 bridgehead atoms. The lowest BCUT2D eigenvalue weighted by molar-refractivity contribution is -0.145. The molecule has 0 radical (unpaired) electrons. The molecule has 6 nitrogen and oxygen atoms in total. The van der Waals surface area contributed by atoms with Gasteiger partial charge in [0.15, 0.2) is 0 Å². The first-order chi connectivity index (χ1) is 9.97. The third kappa shape index (κ3) is 6.58. The average molecular weight is 309 g/mol. The number of ether oxygens (including phenoxy) is 3. The molecule has 1 heterocycles. The first-order valence-corrected chi connectivity index (χ1v) is 6.31. The number of methoxy groups -OCH3 is 1. The number of nitrogens with one attached hydrogen (secondary N) is 1. The van der Waals surface area contributed by atoms with Gasteiger partial charge in [-0.25, -0.2) is 4.98 Å². The van der Waals surface area contributed by atoms with E-state index in [4.69, 9.17) is 14.2 Å². The van der Waals surface area contributed by atoms with Crippen molar-refractivity contribution in [1.29, 1.82) is 0 Å². The predicted molar refractivity (Wildman–Crippen MR) is 69.4 cm³/mol. The number of nitrogens with zero attached hydrogens (tertiary/aromatic N) is 2. The van der Waals surface area contributed by atoms with Crippen LogP contribution in [0.15, 0.2) is 6.07 Å². The summed E-state index contributed by atoms with van der Waals surface area (Å²) < 4.78 is 53.0. The van der Waals surface area contributed by atoms with Crippen LogP contribution in [0.4, 0.5) is 19.0 Å². The highest BCUT2D eigenvalue weighted by molar-refractivity contribution is 5.38. The van der Waals surface area contributed by atoms with Gasteiger partial charge in [-0.2, -0.15) is 18.2 Å². The Morgan fingerprint density at radius 1 is 1.14 bits per heavy atom. The molecule has 0 aliphatic heterocycles. The number of rotatable bonds is 9. The molecule has 0 aliphatic carbocycles. The second-order valence-electron chi connectivity index (χ2n) is 3.97. The third-order valence-electron chi connectivity index (χ3n) is 2.33. The van der Waals surface area contributed by atoms with Crippen LogP contribution in [-0.4, -0.2) is 50.6 Å². The molecule has 0 spiro atoms. The molecule has 1 rings (SSSR count). The molecule has 1 aromatic heterocycles. The number of halogens is 3. The van der Waals surface area contributed by atoms with Crippen LogP contribution in [0.5, 0.6) is 5.88 Å². The van der Waals surface area contributed by atoms with Crippen molar-refractivity contribution in [2.75, 3.05) is 45.9 Å². The molecule has 21 heavy (non-hydrogen) atoms. The minimum absolute atomic E-state index is 0.0355. The minimum atomic E-state index is -4.62. The number of hydrogen-bond donors (Lipinski definition) is 1. The van der Waals surface area contributed by atoms with Gasteiger partial charge < -0.3 is 19.5 Å². The van der Waals surface area contributed by atoms with Crippen LogP contribution in [0.3, 0.4) is 0 Å². The maximum absolute atomic E-state index is 12.6. The van der Waals surface area contributed by atoms with E-state index in [-0.39, 0.29) is 24.9 Å². The van der Waals surface area contributed by atoms with Gasteiger partial charge in [-0.1, -0.05) is 0 Å². The molecule has 0 aliphatic rings. The van der Waals surface area contributed by atoms with Crippen LogP contribution in [-0.2, 0) is 15.7 Å². The maximum atomic E-state index is 12.6. The van der Waals surface area contributed by atoms with Crippen LogP contribution in [0, 0.1) is 0 Å². The zero-order chi connectivity index (χ0) is 15.7. The summed E-state index contributed by atoms with van der Waals surface area (Å²) in [7, 11) is 3.06. The lowest BCUT2D eigenvalue weighted by atomic mass is 10.5. The van der Waals surface area contributed by atoms with Gasteiger partial charge in [0.25, 0.3) is 0 Å². The normalized spacial score (nSPS) is 11.5. The summed E-state index contributed by atoms with van der Waals surface area (Å²) in [5.41, 5.74) is 0. The van der Waals surface area contributed by atoms with E-state index in [1.165, 1.54) is 13.1 Å². The molecule has 1 aromatic rings. The van der Waals surface area contributed by atoms with Gasteiger partial charge in [0.2, 0.25) is 11.7 Å². The Morgan fingerprint density at radius 2 is 1.90 bits per heavy atom. The van der Waals surface area contributed by atoms with E-state index in [2.05, 4.69) is 15.3 Å². The third-order valence-corrected chi connectivity index (χ3v) is 2.33. The Kier molecular flexibility index (Phi) is 7.17. The van der Waals surface area contributed by atoms with E-state index in [0.717, 1.165) is 6.42 Å². The van der Waals surface area contributed by atoms with E-state index >= 15 is 0 Å². The molecule has 1 N–H and O–H groups in total. The lowest BCUT2D eigenvalue weighted by Gasteiger charge is -2.11. The predicted octanol–water partition coefficient (Wildman–Crippen LogP) is 1.97. The van der Waals surface area contributed by atoms with Gasteiger partial charge >= 0.3 is 6.18 Å². The number of hydrogen-bond acceptors (Lipinski definition) is 6. The molecule has 0 amide bonds. The van der Waals surface area contributed by atoms with E-state index in [0.29, 0.717) is 13.2 Å². The average Bonchev–Trinajstić information content (AvgIpc) is 2.45. The highest BCUT2D eigenvalue weighted by atomic mass is 19.4. The molecule has 0 aromatic carbocycles. The fraction of sp³-hybridized carbons (Fsp3) is 0.667. The monoisotopic (exact) mass is 309 g/mol. The Labute approximate surface area is 120 Å². The number of alkyl halides is 3. The largest absolute Gasteiger partial charge is 0.475 e. The summed E-state index contributed by atoms with van der Waals surface area (Å²) in [6.07, 6.45) is -3.88. The van der Waals surface area contributed by atoms with E-state index in [1.54, 1.807) is 7.11 Å². The van der Waals surface area contributed by atoms with Crippen LogP contribution in [0.1, 0.15) is 12.2 Å². The van der Waals surface area contributed by atoms with Gasteiger partial charge in [-0.3, -0.25) is 0 Å². The summed E-state index contributed by atoms with van der Waals surface area (Å²) in [6, 6.07) is 1.29. The summed E-state index contributed by atoms with van der Waals surface area (Å²) in [5.74, 6) is -1.36. The van der Waals surface area contributed by atoms with Crippen molar-refractivity contribution >= 4 is 5.82 Å². The van der Waals surface area contributed by atoms with Gasteiger partial charge in [-0.15, -0.1) is 0 Å². The molecular weight excluding hydrogens is 291 g/mol. The first kappa shape index (κ1) is 17.4. The Hall–Kier alpha value is -1.61. The van der Waals surface area contributed by atoms with Crippen molar-refractivity contribution in [1.82, 2.24) is 9.97 Å². The Balaban J connectivity index is 2.47. The zero-order valence-corrected chi connectivity index (χ0v) is 11.9. The minimum Gasteiger partial charge on any atom is -0.475 e. The van der Waals surface area contributed by atoms with Crippen LogP contribution in [0.2, 0.25) is 0 Å². The Bertz CT molecular complexity index is 430. The molecule has 0 saturated heterocycles. The van der Waals surface area contributed by atoms with Crippen molar-refractivity contribution in [2.45, 2.75) is 12.6 Å². The molecular formula is C12H18F3N3O3. The SMILES string of the molecule is CNc1cc(OCCOCCCOC)nc(C(F)(F)F)n1. The van der Waals surface area contributed by atoms with E-state index in [1.807, 2.05) is 0 Å². The van der Waals surface area contributed by atoms with Crippen molar-refractivity contribution in [3.63, 3.8) is 0 Å². The molecule has 0 atom stereocenters. The molecule has 0 unspecified atom stereocenters. The van der Waals surface area contributed by atoms with Crippen LogP contribution in [0.25, 0.3) is 0 Å². The van der Waals surface area contributed by atoms with E-state index in [9.17, 15) is 13.2 Å². The summed E-state index contributed by atoms with van der Waals surface area (Å²) >= 11 is 0. The van der Waals surface area contributed by atoms with Gasteiger partial charge in [-0.05, 0) is 6.42 Å². The molecule has 0 fully saturated rings. The van der Waals surface area contributed by atoms with Crippen LogP contribution >= 0.6 is 0 Å². The molecule has 0 saturated carbocycles. The standard InChI is InChI=1S/C12H18F3N3O3/c1-16-9-8-10(18-11(17-9)12(13,14)15)21-7-6-20-5-3-4-19-2/h8H,3-7H2,1-2H3,(H,16,17,18). The number of aromatic nitrogens is 2. The zero-order valence-electron chi connectivity index (χ0n) is 11.9. The first-order valence-electron chi connectivity index (χ1n) is 6.31. The number of anilines is 1. The maximum Gasteiger partial charge on any atom is 0.451 e. The van der Waals surface area contributed by atoms with Crippen LogP contribution < -0.4 is 10.1 Å². The van der Waals surface area contributed by atoms with Gasteiger partial charge in [0, 0.05) is 33.4 Å². The fourth-order valence-corrected chi connectivity index (χ4v) is 1.37.